The van der Waals surface area contributed by atoms with Crippen molar-refractivity contribution >= 4 is 27.7 Å². The zero-order chi connectivity index (χ0) is 25.7. The van der Waals surface area contributed by atoms with Gasteiger partial charge in [0.25, 0.3) is 15.9 Å². The Morgan fingerprint density at radius 2 is 1.69 bits per heavy atom. The average Bonchev–Trinajstić information content (AvgIpc) is 3.08. The van der Waals surface area contributed by atoms with E-state index in [0.29, 0.717) is 17.1 Å². The van der Waals surface area contributed by atoms with Crippen LogP contribution in [-0.4, -0.2) is 60.5 Å². The van der Waals surface area contributed by atoms with Gasteiger partial charge in [0.2, 0.25) is 11.8 Å². The summed E-state index contributed by atoms with van der Waals surface area (Å²) in [7, 11) is -4.13. The fourth-order valence-corrected chi connectivity index (χ4v) is 6.56. The van der Waals surface area contributed by atoms with E-state index in [4.69, 9.17) is 0 Å². The van der Waals surface area contributed by atoms with Crippen LogP contribution in [0.15, 0.2) is 59.5 Å². The van der Waals surface area contributed by atoms with Crippen LogP contribution in [-0.2, 0) is 26.0 Å². The quantitative estimate of drug-likeness (QED) is 0.557. The minimum absolute atomic E-state index is 0.0585. The first-order valence-corrected chi connectivity index (χ1v) is 14.1. The second kappa shape index (κ2) is 11.2. The van der Waals surface area contributed by atoms with Gasteiger partial charge in [-0.2, -0.15) is 0 Å². The van der Waals surface area contributed by atoms with Crippen molar-refractivity contribution in [1.82, 2.24) is 14.5 Å². The third-order valence-electron chi connectivity index (χ3n) is 7.01. The van der Waals surface area contributed by atoms with E-state index < -0.39 is 34.4 Å². The smallest absolute Gasteiger partial charge is 0.269 e. The number of benzene rings is 2. The van der Waals surface area contributed by atoms with Gasteiger partial charge in [-0.3, -0.25) is 14.4 Å². The Hall–Kier alpha value is -3.20. The minimum atomic E-state index is -4.13. The highest BCUT2D eigenvalue weighted by atomic mass is 32.2. The lowest BCUT2D eigenvalue weighted by atomic mass is 9.95. The zero-order valence-electron chi connectivity index (χ0n) is 20.6. The first kappa shape index (κ1) is 25.9. The van der Waals surface area contributed by atoms with Crippen molar-refractivity contribution in [3.05, 3.63) is 65.7 Å². The van der Waals surface area contributed by atoms with Crippen LogP contribution >= 0.6 is 0 Å². The monoisotopic (exact) mass is 511 g/mol. The second-order valence-electron chi connectivity index (χ2n) is 9.40. The van der Waals surface area contributed by atoms with Crippen molar-refractivity contribution in [3.63, 3.8) is 0 Å². The number of rotatable bonds is 9. The molecule has 1 aliphatic heterocycles. The van der Waals surface area contributed by atoms with E-state index in [2.05, 4.69) is 5.32 Å². The van der Waals surface area contributed by atoms with Gasteiger partial charge in [-0.25, -0.2) is 12.7 Å². The Balaban J connectivity index is 1.55. The first-order chi connectivity index (χ1) is 17.3. The largest absolute Gasteiger partial charge is 0.352 e. The van der Waals surface area contributed by atoms with Crippen molar-refractivity contribution in [2.45, 2.75) is 68.8 Å². The lowest BCUT2D eigenvalue weighted by Crippen LogP contribution is -2.54. The molecule has 1 aliphatic carbocycles. The van der Waals surface area contributed by atoms with E-state index in [1.807, 2.05) is 37.3 Å². The van der Waals surface area contributed by atoms with Crippen LogP contribution in [0.25, 0.3) is 0 Å². The van der Waals surface area contributed by atoms with Gasteiger partial charge in [0.15, 0.2) is 0 Å². The van der Waals surface area contributed by atoms with Crippen LogP contribution in [0.3, 0.4) is 0 Å². The molecule has 0 aromatic heterocycles. The number of nitrogens with one attached hydrogen (secondary N) is 1. The number of carbonyl (C=O) groups is 3. The van der Waals surface area contributed by atoms with Gasteiger partial charge in [0, 0.05) is 12.6 Å². The molecule has 1 atom stereocenters. The molecule has 1 N–H and O–H groups in total. The molecule has 0 saturated heterocycles. The summed E-state index contributed by atoms with van der Waals surface area (Å²) in [5, 5.41) is 3.10. The van der Waals surface area contributed by atoms with E-state index in [9.17, 15) is 22.8 Å². The van der Waals surface area contributed by atoms with Gasteiger partial charge in [0.1, 0.15) is 17.5 Å². The van der Waals surface area contributed by atoms with Crippen molar-refractivity contribution in [2.75, 3.05) is 13.1 Å². The fraction of sp³-hybridized carbons (Fsp3) is 0.444. The van der Waals surface area contributed by atoms with Crippen LogP contribution in [0.4, 0.5) is 0 Å². The highest BCUT2D eigenvalue weighted by Crippen LogP contribution is 2.30. The van der Waals surface area contributed by atoms with Gasteiger partial charge in [-0.05, 0) is 43.4 Å². The molecule has 0 radical (unpaired) electrons. The van der Waals surface area contributed by atoms with Gasteiger partial charge in [-0.15, -0.1) is 0 Å². The predicted molar refractivity (Wildman–Crippen MR) is 136 cm³/mol. The van der Waals surface area contributed by atoms with E-state index >= 15 is 0 Å². The number of fused-ring (bicyclic) bond motifs is 1. The molecule has 192 valence electrons. The molecule has 8 nitrogen and oxygen atoms in total. The second-order valence-corrected chi connectivity index (χ2v) is 11.2. The standard InChI is InChI=1S/C27H33N3O5S/c1-2-23(26(32)28-21-13-7-4-8-14-21)29(18-17-20-11-5-3-6-12-20)25(31)19-30-27(33)22-15-9-10-16-24(22)36(30,34)35/h3,5-6,9-12,15-16,21,23H,2,4,7-8,13-14,17-19H2,1H3,(H,28,32). The topological polar surface area (TPSA) is 104 Å². The molecule has 1 heterocycles. The molecule has 9 heteroatoms. The van der Waals surface area contributed by atoms with Crippen molar-refractivity contribution < 1.29 is 22.8 Å². The van der Waals surface area contributed by atoms with Crippen molar-refractivity contribution in [1.29, 1.82) is 0 Å². The van der Waals surface area contributed by atoms with Crippen LogP contribution in [0.2, 0.25) is 0 Å². The summed E-state index contributed by atoms with van der Waals surface area (Å²) in [6.07, 6.45) is 5.99. The summed E-state index contributed by atoms with van der Waals surface area (Å²) in [6.45, 7) is 1.42. The Labute approximate surface area is 212 Å². The molecule has 3 amide bonds. The van der Waals surface area contributed by atoms with Crippen molar-refractivity contribution in [3.8, 4) is 0 Å². The zero-order valence-corrected chi connectivity index (χ0v) is 21.4. The Bertz CT molecular complexity index is 1210. The maximum absolute atomic E-state index is 13.6. The Morgan fingerprint density at radius 1 is 1.03 bits per heavy atom. The Morgan fingerprint density at radius 3 is 2.36 bits per heavy atom. The number of carbonyl (C=O) groups excluding carboxylic acids is 3. The number of sulfonamides is 1. The highest BCUT2D eigenvalue weighted by molar-refractivity contribution is 7.90. The molecular weight excluding hydrogens is 478 g/mol. The van der Waals surface area contributed by atoms with Crippen LogP contribution in [0.1, 0.15) is 61.4 Å². The molecule has 1 fully saturated rings. The van der Waals surface area contributed by atoms with Gasteiger partial charge < -0.3 is 10.2 Å². The molecule has 2 aliphatic rings. The minimum Gasteiger partial charge on any atom is -0.352 e. The number of nitrogens with zero attached hydrogens (tertiary/aromatic N) is 2. The summed E-state index contributed by atoms with van der Waals surface area (Å²) in [5.41, 5.74) is 1.05. The molecule has 2 aromatic carbocycles. The predicted octanol–water partition coefficient (Wildman–Crippen LogP) is 3.13. The van der Waals surface area contributed by atoms with E-state index in [1.165, 1.54) is 17.0 Å². The van der Waals surface area contributed by atoms with Crippen LogP contribution in [0, 0.1) is 0 Å². The summed E-state index contributed by atoms with van der Waals surface area (Å²) < 4.78 is 26.7. The first-order valence-electron chi connectivity index (χ1n) is 12.6. The molecule has 0 spiro atoms. The average molecular weight is 512 g/mol. The lowest BCUT2D eigenvalue weighted by molar-refractivity contribution is -0.141. The Kier molecular flexibility index (Phi) is 8.08. The maximum atomic E-state index is 13.6. The summed E-state index contributed by atoms with van der Waals surface area (Å²) >= 11 is 0. The summed E-state index contributed by atoms with van der Waals surface area (Å²) in [5.74, 6) is -1.52. The number of hydrogen-bond acceptors (Lipinski definition) is 5. The van der Waals surface area contributed by atoms with Gasteiger partial charge in [-0.1, -0.05) is 68.7 Å². The van der Waals surface area contributed by atoms with Crippen LogP contribution < -0.4 is 5.32 Å². The molecule has 2 aromatic rings. The van der Waals surface area contributed by atoms with Gasteiger partial charge in [0.05, 0.1) is 5.56 Å². The van der Waals surface area contributed by atoms with Crippen molar-refractivity contribution in [2.24, 2.45) is 0 Å². The van der Waals surface area contributed by atoms with Crippen LogP contribution in [0.5, 0.6) is 0 Å². The maximum Gasteiger partial charge on any atom is 0.269 e. The fourth-order valence-electron chi connectivity index (χ4n) is 5.04. The van der Waals surface area contributed by atoms with Gasteiger partial charge >= 0.3 is 0 Å². The van der Waals surface area contributed by atoms with E-state index in [-0.39, 0.29) is 29.0 Å². The molecule has 4 rings (SSSR count). The summed E-state index contributed by atoms with van der Waals surface area (Å²) in [4.78, 5) is 41.1. The lowest BCUT2D eigenvalue weighted by Gasteiger charge is -2.33. The molecule has 1 unspecified atom stereocenters. The third-order valence-corrected chi connectivity index (χ3v) is 8.80. The highest BCUT2D eigenvalue weighted by Gasteiger charge is 2.43. The SMILES string of the molecule is CCC(C(=O)NC1CCCCC1)N(CCc1ccccc1)C(=O)CN1C(=O)c2ccccc2S1(=O)=O. The number of amides is 3. The van der Waals surface area contributed by atoms with E-state index in [1.54, 1.807) is 12.1 Å². The molecule has 0 bridgehead atoms. The third kappa shape index (κ3) is 5.46. The number of hydrogen-bond donors (Lipinski definition) is 1. The molecule has 36 heavy (non-hydrogen) atoms. The molecule has 1 saturated carbocycles. The normalized spacial score (nSPS) is 17.9. The molecular formula is C27H33N3O5S. The summed E-state index contributed by atoms with van der Waals surface area (Å²) in [6, 6.07) is 14.9. The van der Waals surface area contributed by atoms with E-state index in [0.717, 1.165) is 37.7 Å².